The Kier molecular flexibility index (Phi) is 5.60. The zero-order chi connectivity index (χ0) is 21.3. The topological polar surface area (TPSA) is 105 Å². The van der Waals surface area contributed by atoms with Crippen LogP contribution < -0.4 is 19.7 Å². The fourth-order valence-electron chi connectivity index (χ4n) is 2.82. The number of halogens is 1. The van der Waals surface area contributed by atoms with Gasteiger partial charge in [0.15, 0.2) is 11.5 Å². The van der Waals surface area contributed by atoms with Crippen LogP contribution in [0.4, 0.5) is 10.5 Å². The summed E-state index contributed by atoms with van der Waals surface area (Å²) in [5, 5.41) is 12.2. The number of anilines is 1. The predicted molar refractivity (Wildman–Crippen MR) is 109 cm³/mol. The van der Waals surface area contributed by atoms with Gasteiger partial charge in [0.25, 0.3) is 11.8 Å². The van der Waals surface area contributed by atoms with E-state index in [9.17, 15) is 19.5 Å². The molecule has 0 aliphatic carbocycles. The Labute approximate surface area is 174 Å². The third-order valence-corrected chi connectivity index (χ3v) is 5.20. The van der Waals surface area contributed by atoms with Gasteiger partial charge in [-0.25, -0.2) is 9.69 Å². The van der Waals surface area contributed by atoms with Crippen LogP contribution in [0, 0.1) is 6.92 Å². The summed E-state index contributed by atoms with van der Waals surface area (Å²) in [6.07, 6.45) is 1.30. The second-order valence-electron chi connectivity index (χ2n) is 6.17. The Morgan fingerprint density at radius 2 is 1.69 bits per heavy atom. The molecule has 2 aromatic carbocycles. The lowest BCUT2D eigenvalue weighted by Crippen LogP contribution is -2.54. The average molecular weight is 461 g/mol. The molecule has 0 unspecified atom stereocenters. The second-order valence-corrected chi connectivity index (χ2v) is 7.02. The predicted octanol–water partition coefficient (Wildman–Crippen LogP) is 3.15. The van der Waals surface area contributed by atoms with E-state index in [1.54, 1.807) is 18.2 Å². The van der Waals surface area contributed by atoms with Crippen molar-refractivity contribution in [1.29, 1.82) is 0 Å². The molecule has 0 spiro atoms. The number of benzene rings is 2. The van der Waals surface area contributed by atoms with Crippen LogP contribution in [0.15, 0.2) is 40.4 Å². The molecule has 0 bridgehead atoms. The quantitative estimate of drug-likeness (QED) is 0.536. The summed E-state index contributed by atoms with van der Waals surface area (Å²) in [6, 6.07) is 7.00. The zero-order valence-corrected chi connectivity index (χ0v) is 17.4. The van der Waals surface area contributed by atoms with Gasteiger partial charge in [-0.3, -0.25) is 14.9 Å². The molecule has 3 rings (SSSR count). The first-order valence-electron chi connectivity index (χ1n) is 8.39. The number of rotatable bonds is 4. The number of carbonyl (C=O) groups excluding carboxylic acids is 3. The Morgan fingerprint density at radius 3 is 2.24 bits per heavy atom. The summed E-state index contributed by atoms with van der Waals surface area (Å²) in [6.45, 7) is 1.82. The van der Waals surface area contributed by atoms with E-state index in [4.69, 9.17) is 9.47 Å². The number of barbiturate groups is 1. The lowest BCUT2D eigenvalue weighted by molar-refractivity contribution is -0.122. The van der Waals surface area contributed by atoms with Gasteiger partial charge in [0.05, 0.1) is 19.9 Å². The number of methoxy groups -OCH3 is 2. The minimum Gasteiger partial charge on any atom is -0.502 e. The monoisotopic (exact) mass is 460 g/mol. The number of aromatic hydroxyl groups is 1. The van der Waals surface area contributed by atoms with Crippen molar-refractivity contribution in [3.8, 4) is 17.2 Å². The molecule has 8 nitrogen and oxygen atoms in total. The van der Waals surface area contributed by atoms with Crippen LogP contribution in [-0.4, -0.2) is 37.2 Å². The number of phenolic OH excluding ortho intramolecular Hbond substituents is 1. The van der Waals surface area contributed by atoms with Crippen LogP contribution in [0.25, 0.3) is 6.08 Å². The zero-order valence-electron chi connectivity index (χ0n) is 15.8. The number of hydrogen-bond acceptors (Lipinski definition) is 6. The highest BCUT2D eigenvalue weighted by Gasteiger charge is 2.37. The smallest absolute Gasteiger partial charge is 0.335 e. The third kappa shape index (κ3) is 3.81. The first kappa shape index (κ1) is 20.4. The van der Waals surface area contributed by atoms with Crippen molar-refractivity contribution in [3.05, 3.63) is 51.5 Å². The highest BCUT2D eigenvalue weighted by molar-refractivity contribution is 9.10. The fraction of sp³-hybridized carbons (Fsp3) is 0.150. The molecular weight excluding hydrogens is 444 g/mol. The number of nitrogens with zero attached hydrogens (tertiary/aromatic N) is 1. The van der Waals surface area contributed by atoms with Crippen molar-refractivity contribution in [2.24, 2.45) is 0 Å². The Morgan fingerprint density at radius 1 is 1.07 bits per heavy atom. The van der Waals surface area contributed by atoms with Gasteiger partial charge in [0.2, 0.25) is 5.75 Å². The number of hydrogen-bond donors (Lipinski definition) is 2. The Hall–Kier alpha value is -3.33. The fourth-order valence-corrected chi connectivity index (χ4v) is 3.07. The molecule has 1 fully saturated rings. The van der Waals surface area contributed by atoms with Crippen LogP contribution in [0.2, 0.25) is 0 Å². The number of ether oxygens (including phenoxy) is 2. The third-order valence-electron chi connectivity index (χ3n) is 4.31. The largest absolute Gasteiger partial charge is 0.502 e. The van der Waals surface area contributed by atoms with Gasteiger partial charge in [-0.15, -0.1) is 0 Å². The van der Waals surface area contributed by atoms with Gasteiger partial charge < -0.3 is 14.6 Å². The first-order valence-corrected chi connectivity index (χ1v) is 9.18. The van der Waals surface area contributed by atoms with E-state index in [0.29, 0.717) is 11.3 Å². The van der Waals surface area contributed by atoms with Gasteiger partial charge >= 0.3 is 6.03 Å². The molecule has 1 heterocycles. The van der Waals surface area contributed by atoms with Crippen molar-refractivity contribution in [2.75, 3.05) is 19.1 Å². The summed E-state index contributed by atoms with van der Waals surface area (Å²) < 4.78 is 11.0. The van der Waals surface area contributed by atoms with Crippen LogP contribution >= 0.6 is 15.9 Å². The van der Waals surface area contributed by atoms with Crippen molar-refractivity contribution in [1.82, 2.24) is 5.32 Å². The van der Waals surface area contributed by atoms with Gasteiger partial charge in [-0.2, -0.15) is 0 Å². The number of nitrogens with one attached hydrogen (secondary N) is 1. The number of imide groups is 2. The molecule has 2 aromatic rings. The summed E-state index contributed by atoms with van der Waals surface area (Å²) in [7, 11) is 2.72. The molecule has 0 radical (unpaired) electrons. The Balaban J connectivity index is 2.07. The van der Waals surface area contributed by atoms with E-state index in [-0.39, 0.29) is 22.8 Å². The highest BCUT2D eigenvalue weighted by atomic mass is 79.9. The maximum Gasteiger partial charge on any atom is 0.335 e. The van der Waals surface area contributed by atoms with E-state index < -0.39 is 17.8 Å². The van der Waals surface area contributed by atoms with E-state index >= 15 is 0 Å². The molecule has 1 aliphatic rings. The van der Waals surface area contributed by atoms with E-state index in [1.165, 1.54) is 32.4 Å². The maximum absolute atomic E-state index is 13.0. The van der Waals surface area contributed by atoms with E-state index in [2.05, 4.69) is 21.2 Å². The molecule has 4 amide bonds. The summed E-state index contributed by atoms with van der Waals surface area (Å²) >= 11 is 3.37. The van der Waals surface area contributed by atoms with Crippen molar-refractivity contribution in [3.63, 3.8) is 0 Å². The van der Waals surface area contributed by atoms with Crippen molar-refractivity contribution >= 4 is 45.5 Å². The Bertz CT molecular complexity index is 1040. The maximum atomic E-state index is 13.0. The van der Waals surface area contributed by atoms with Crippen LogP contribution in [0.5, 0.6) is 17.2 Å². The molecule has 29 heavy (non-hydrogen) atoms. The molecule has 1 saturated heterocycles. The summed E-state index contributed by atoms with van der Waals surface area (Å²) in [5.41, 5.74) is 1.27. The number of urea groups is 1. The lowest BCUT2D eigenvalue weighted by atomic mass is 10.1. The van der Waals surface area contributed by atoms with Crippen molar-refractivity contribution in [2.45, 2.75) is 6.92 Å². The number of phenols is 1. The molecule has 0 aromatic heterocycles. The van der Waals surface area contributed by atoms with Crippen molar-refractivity contribution < 1.29 is 29.0 Å². The summed E-state index contributed by atoms with van der Waals surface area (Å²) in [5.74, 6) is -1.59. The minimum atomic E-state index is -0.834. The number of aryl methyl sites for hydroxylation is 1. The highest BCUT2D eigenvalue weighted by Crippen LogP contribution is 2.38. The first-order chi connectivity index (χ1) is 13.8. The molecule has 2 N–H and O–H groups in total. The van der Waals surface area contributed by atoms with Gasteiger partial charge in [-0.1, -0.05) is 15.9 Å². The SMILES string of the molecule is COc1cc(/C=C2\C(=O)NC(=O)N(c3ccc(Br)c(C)c3)C2=O)cc(OC)c1O. The van der Waals surface area contributed by atoms with E-state index in [0.717, 1.165) is 14.9 Å². The second kappa shape index (κ2) is 7.96. The normalized spacial score (nSPS) is 15.5. The standard InChI is InChI=1S/C20H17BrN2O6/c1-10-6-12(4-5-14(10)21)23-19(26)13(18(25)22-20(23)27)7-11-8-15(28-2)17(24)16(9-11)29-3/h4-9,24H,1-3H3,(H,22,25,27)/b13-7+. The van der Waals surface area contributed by atoms with E-state index in [1.807, 2.05) is 6.92 Å². The van der Waals surface area contributed by atoms with Gasteiger partial charge in [0, 0.05) is 4.47 Å². The molecular formula is C20H17BrN2O6. The van der Waals surface area contributed by atoms with Gasteiger partial charge in [0.1, 0.15) is 5.57 Å². The van der Waals surface area contributed by atoms with Gasteiger partial charge in [-0.05, 0) is 54.5 Å². The number of carbonyl (C=O) groups is 3. The summed E-state index contributed by atoms with van der Waals surface area (Å²) in [4.78, 5) is 38.5. The molecule has 150 valence electrons. The van der Waals surface area contributed by atoms with Crippen LogP contribution in [0.1, 0.15) is 11.1 Å². The van der Waals surface area contributed by atoms with Crippen LogP contribution in [-0.2, 0) is 9.59 Å². The molecule has 0 saturated carbocycles. The average Bonchev–Trinajstić information content (AvgIpc) is 2.68. The molecule has 1 aliphatic heterocycles. The minimum absolute atomic E-state index is 0.108. The number of amides is 4. The lowest BCUT2D eigenvalue weighted by Gasteiger charge is -2.26. The molecule has 9 heteroatoms. The van der Waals surface area contributed by atoms with Crippen LogP contribution in [0.3, 0.4) is 0 Å². The molecule has 0 atom stereocenters.